The molecule has 1 rings (SSSR count). The van der Waals surface area contributed by atoms with E-state index in [-0.39, 0.29) is 11.5 Å². The molecule has 82 valence electrons. The van der Waals surface area contributed by atoms with Crippen LogP contribution in [0.3, 0.4) is 0 Å². The van der Waals surface area contributed by atoms with Crippen LogP contribution in [0.2, 0.25) is 0 Å². The third-order valence-electron chi connectivity index (χ3n) is 2.00. The zero-order chi connectivity index (χ0) is 11.1. The standard InChI is InChI=1S/C9H17ClNOPS/c1-7(2)11-6-8(9(3,4)5)12-13(11,10)14/h6-7H,1-5H3. The predicted octanol–water partition coefficient (Wildman–Crippen LogP) is 4.08. The van der Waals surface area contributed by atoms with E-state index in [0.717, 1.165) is 5.76 Å². The minimum Gasteiger partial charge on any atom is -0.440 e. The highest BCUT2D eigenvalue weighted by Gasteiger charge is 2.37. The van der Waals surface area contributed by atoms with Crippen LogP contribution in [0.15, 0.2) is 12.0 Å². The number of nitrogens with zero attached hydrogens (tertiary/aromatic N) is 1. The lowest BCUT2D eigenvalue weighted by molar-refractivity contribution is 0.325. The fourth-order valence-corrected chi connectivity index (χ4v) is 4.41. The summed E-state index contributed by atoms with van der Waals surface area (Å²) >= 11 is 11.5. The Bertz CT molecular complexity index is 308. The van der Waals surface area contributed by atoms with Gasteiger partial charge in [-0.25, -0.2) is 0 Å². The van der Waals surface area contributed by atoms with Crippen LogP contribution in [0.25, 0.3) is 0 Å². The summed E-state index contributed by atoms with van der Waals surface area (Å²) in [6, 6.07) is 0.290. The third-order valence-corrected chi connectivity index (χ3v) is 5.08. The lowest BCUT2D eigenvalue weighted by Crippen LogP contribution is -2.17. The van der Waals surface area contributed by atoms with E-state index in [1.165, 1.54) is 0 Å². The maximum absolute atomic E-state index is 6.21. The second kappa shape index (κ2) is 3.70. The van der Waals surface area contributed by atoms with E-state index in [0.29, 0.717) is 0 Å². The number of rotatable bonds is 1. The van der Waals surface area contributed by atoms with Gasteiger partial charge in [0, 0.05) is 17.7 Å². The SMILES string of the molecule is CC(C)N1C=C(C(C)(C)C)OP1(=S)Cl. The van der Waals surface area contributed by atoms with Gasteiger partial charge in [0.25, 0.3) is 5.77 Å². The van der Waals surface area contributed by atoms with Crippen molar-refractivity contribution in [3.63, 3.8) is 0 Å². The highest BCUT2D eigenvalue weighted by molar-refractivity contribution is 8.23. The Balaban J connectivity index is 2.98. The average Bonchev–Trinajstić information content (AvgIpc) is 2.23. The molecule has 1 unspecified atom stereocenters. The Morgan fingerprint density at radius 3 is 2.21 bits per heavy atom. The van der Waals surface area contributed by atoms with Crippen molar-refractivity contribution in [1.29, 1.82) is 0 Å². The summed E-state index contributed by atoms with van der Waals surface area (Å²) < 4.78 is 7.63. The summed E-state index contributed by atoms with van der Waals surface area (Å²) in [7, 11) is 0. The van der Waals surface area contributed by atoms with Crippen molar-refractivity contribution in [1.82, 2.24) is 4.67 Å². The van der Waals surface area contributed by atoms with Crippen molar-refractivity contribution in [3.05, 3.63) is 12.0 Å². The summed E-state index contributed by atoms with van der Waals surface area (Å²) in [4.78, 5) is 0. The Kier molecular flexibility index (Phi) is 3.26. The van der Waals surface area contributed by atoms with E-state index in [1.807, 2.05) is 10.9 Å². The van der Waals surface area contributed by atoms with E-state index in [4.69, 9.17) is 27.6 Å². The highest BCUT2D eigenvalue weighted by atomic mass is 35.7. The molecule has 0 N–H and O–H groups in total. The minimum absolute atomic E-state index is 0.0252. The number of allylic oxidation sites excluding steroid dienone is 1. The summed E-state index contributed by atoms with van der Waals surface area (Å²) in [6.45, 7) is 10.4. The first kappa shape index (κ1) is 12.4. The van der Waals surface area contributed by atoms with Gasteiger partial charge in [0.15, 0.2) is 0 Å². The van der Waals surface area contributed by atoms with Crippen LogP contribution in [0.5, 0.6) is 0 Å². The molecule has 0 aliphatic carbocycles. The van der Waals surface area contributed by atoms with Crippen molar-refractivity contribution >= 4 is 28.8 Å². The average molecular weight is 254 g/mol. The van der Waals surface area contributed by atoms with Crippen LogP contribution in [-0.4, -0.2) is 10.7 Å². The van der Waals surface area contributed by atoms with Gasteiger partial charge in [-0.1, -0.05) is 20.8 Å². The second-order valence-corrected chi connectivity index (χ2v) is 9.77. The van der Waals surface area contributed by atoms with Gasteiger partial charge in [-0.05, 0) is 36.9 Å². The van der Waals surface area contributed by atoms with E-state index >= 15 is 0 Å². The molecule has 2 nitrogen and oxygen atoms in total. The van der Waals surface area contributed by atoms with Gasteiger partial charge in [0.2, 0.25) is 0 Å². The van der Waals surface area contributed by atoms with Crippen molar-refractivity contribution in [2.24, 2.45) is 5.41 Å². The summed E-state index contributed by atoms with van der Waals surface area (Å²) in [5.41, 5.74) is -0.0252. The molecule has 14 heavy (non-hydrogen) atoms. The van der Waals surface area contributed by atoms with Gasteiger partial charge < -0.3 is 9.19 Å². The van der Waals surface area contributed by atoms with Crippen LogP contribution in [0.4, 0.5) is 0 Å². The molecule has 0 spiro atoms. The molecule has 1 aliphatic rings. The molecule has 0 saturated heterocycles. The van der Waals surface area contributed by atoms with Gasteiger partial charge >= 0.3 is 0 Å². The minimum atomic E-state index is -2.32. The molecular weight excluding hydrogens is 237 g/mol. The molecular formula is C9H17ClNOPS. The summed E-state index contributed by atoms with van der Waals surface area (Å²) in [5, 5.41) is 0. The van der Waals surface area contributed by atoms with Crippen LogP contribution in [0, 0.1) is 5.41 Å². The number of hydrogen-bond donors (Lipinski definition) is 0. The maximum atomic E-state index is 6.21. The van der Waals surface area contributed by atoms with Crippen molar-refractivity contribution < 1.29 is 4.52 Å². The van der Waals surface area contributed by atoms with E-state index in [2.05, 4.69) is 34.6 Å². The zero-order valence-electron chi connectivity index (χ0n) is 9.24. The van der Waals surface area contributed by atoms with Crippen LogP contribution in [0.1, 0.15) is 34.6 Å². The van der Waals surface area contributed by atoms with Crippen LogP contribution < -0.4 is 0 Å². The molecule has 0 radical (unpaired) electrons. The van der Waals surface area contributed by atoms with E-state index in [1.54, 1.807) is 0 Å². The highest BCUT2D eigenvalue weighted by Crippen LogP contribution is 2.64. The second-order valence-electron chi connectivity index (χ2n) is 4.76. The molecule has 0 saturated carbocycles. The third kappa shape index (κ3) is 2.44. The lowest BCUT2D eigenvalue weighted by atomic mass is 9.94. The van der Waals surface area contributed by atoms with Gasteiger partial charge in [-0.15, -0.1) is 0 Å². The van der Waals surface area contributed by atoms with Gasteiger partial charge in [-0.3, -0.25) is 0 Å². The Hall–Kier alpha value is 0.280. The summed E-state index contributed by atoms with van der Waals surface area (Å²) in [5.74, 6) is -1.42. The molecule has 1 heterocycles. The van der Waals surface area contributed by atoms with Crippen LogP contribution >= 0.6 is 17.0 Å². The van der Waals surface area contributed by atoms with Gasteiger partial charge in [0.1, 0.15) is 5.76 Å². The largest absolute Gasteiger partial charge is 0.440 e. The molecule has 0 fully saturated rings. The Morgan fingerprint density at radius 2 is 2.00 bits per heavy atom. The molecule has 0 amide bonds. The predicted molar refractivity (Wildman–Crippen MR) is 65.7 cm³/mol. The van der Waals surface area contributed by atoms with E-state index in [9.17, 15) is 0 Å². The summed E-state index contributed by atoms with van der Waals surface area (Å²) in [6.07, 6.45) is 1.97. The molecule has 0 aromatic carbocycles. The van der Waals surface area contributed by atoms with Gasteiger partial charge in [-0.2, -0.15) is 0 Å². The number of hydrogen-bond acceptors (Lipinski definition) is 2. The fraction of sp³-hybridized carbons (Fsp3) is 0.778. The Morgan fingerprint density at radius 1 is 1.50 bits per heavy atom. The first-order chi connectivity index (χ1) is 6.14. The zero-order valence-corrected chi connectivity index (χ0v) is 11.7. The first-order valence-corrected chi connectivity index (χ1v) is 8.23. The maximum Gasteiger partial charge on any atom is 0.296 e. The molecule has 0 aromatic heterocycles. The molecule has 1 aliphatic heterocycles. The quantitative estimate of drug-likeness (QED) is 0.654. The van der Waals surface area contributed by atoms with Gasteiger partial charge in [0.05, 0.1) is 0 Å². The lowest BCUT2D eigenvalue weighted by Gasteiger charge is -2.25. The monoisotopic (exact) mass is 253 g/mol. The van der Waals surface area contributed by atoms with Crippen molar-refractivity contribution in [3.8, 4) is 0 Å². The molecule has 0 bridgehead atoms. The van der Waals surface area contributed by atoms with Crippen molar-refractivity contribution in [2.75, 3.05) is 0 Å². The Labute approximate surface area is 96.2 Å². The molecule has 0 aromatic rings. The van der Waals surface area contributed by atoms with E-state index < -0.39 is 5.77 Å². The van der Waals surface area contributed by atoms with Crippen molar-refractivity contribution in [2.45, 2.75) is 40.7 Å². The topological polar surface area (TPSA) is 12.5 Å². The fourth-order valence-electron chi connectivity index (χ4n) is 1.14. The molecule has 1 atom stereocenters. The molecule has 5 heteroatoms. The number of halogens is 1. The smallest absolute Gasteiger partial charge is 0.296 e. The van der Waals surface area contributed by atoms with Crippen LogP contribution in [-0.2, 0) is 16.3 Å². The normalized spacial score (nSPS) is 27.9. The first-order valence-electron chi connectivity index (χ1n) is 4.65.